The van der Waals surface area contributed by atoms with Crippen molar-refractivity contribution in [1.29, 1.82) is 0 Å². The molecule has 1 aromatic carbocycles. The molecule has 0 radical (unpaired) electrons. The normalized spacial score (nSPS) is 16.9. The van der Waals surface area contributed by atoms with Crippen LogP contribution in [0.25, 0.3) is 11.0 Å². The van der Waals surface area contributed by atoms with E-state index in [1.165, 1.54) is 31.1 Å². The lowest BCUT2D eigenvalue weighted by Crippen LogP contribution is -2.20. The first-order valence-electron chi connectivity index (χ1n) is 6.60. The molecule has 0 spiro atoms. The van der Waals surface area contributed by atoms with Crippen molar-refractivity contribution >= 4 is 11.0 Å². The lowest BCUT2D eigenvalue weighted by Gasteiger charge is -2.08. The maximum Gasteiger partial charge on any atom is 0.134 e. The fraction of sp³-hybridized carbons (Fsp3) is 0.467. The number of hydrogen-bond acceptors (Lipinski definition) is 2. The standard InChI is InChI=1S/C15H19NO/c1-2-6-12(5-1)10-16-11-14-9-13-7-3-4-8-15(13)17-14/h3-4,7-9,12,16H,1-2,5-6,10-11H2. The Morgan fingerprint density at radius 2 is 2.00 bits per heavy atom. The Hall–Kier alpha value is -1.28. The highest BCUT2D eigenvalue weighted by Crippen LogP contribution is 2.24. The maximum absolute atomic E-state index is 5.77. The van der Waals surface area contributed by atoms with Gasteiger partial charge in [-0.15, -0.1) is 0 Å². The van der Waals surface area contributed by atoms with Gasteiger partial charge < -0.3 is 9.73 Å². The summed E-state index contributed by atoms with van der Waals surface area (Å²) in [5, 5.41) is 4.71. The molecule has 0 saturated heterocycles. The molecule has 1 aliphatic carbocycles. The van der Waals surface area contributed by atoms with Crippen molar-refractivity contribution in [2.75, 3.05) is 6.54 Å². The molecule has 0 aliphatic heterocycles. The molecule has 1 saturated carbocycles. The summed E-state index contributed by atoms with van der Waals surface area (Å²) in [5.74, 6) is 1.93. The van der Waals surface area contributed by atoms with Crippen LogP contribution in [0.15, 0.2) is 34.7 Å². The van der Waals surface area contributed by atoms with E-state index >= 15 is 0 Å². The van der Waals surface area contributed by atoms with E-state index in [1.807, 2.05) is 18.2 Å². The summed E-state index contributed by atoms with van der Waals surface area (Å²) >= 11 is 0. The van der Waals surface area contributed by atoms with E-state index in [0.717, 1.165) is 30.4 Å². The average Bonchev–Trinajstić information content (AvgIpc) is 2.96. The summed E-state index contributed by atoms with van der Waals surface area (Å²) in [6.45, 7) is 1.99. The quantitative estimate of drug-likeness (QED) is 0.864. The van der Waals surface area contributed by atoms with Gasteiger partial charge in [-0.2, -0.15) is 0 Å². The van der Waals surface area contributed by atoms with E-state index < -0.39 is 0 Å². The van der Waals surface area contributed by atoms with Crippen molar-refractivity contribution in [2.45, 2.75) is 32.2 Å². The molecule has 0 amide bonds. The van der Waals surface area contributed by atoms with Crippen LogP contribution in [-0.2, 0) is 6.54 Å². The van der Waals surface area contributed by atoms with E-state index in [4.69, 9.17) is 4.42 Å². The van der Waals surface area contributed by atoms with Crippen LogP contribution < -0.4 is 5.32 Å². The summed E-state index contributed by atoms with van der Waals surface area (Å²) < 4.78 is 5.77. The first-order valence-corrected chi connectivity index (χ1v) is 6.60. The second kappa shape index (κ2) is 4.92. The number of furan rings is 1. The van der Waals surface area contributed by atoms with Crippen molar-refractivity contribution < 1.29 is 4.42 Å². The fourth-order valence-corrected chi connectivity index (χ4v) is 2.74. The van der Waals surface area contributed by atoms with Gasteiger partial charge in [-0.3, -0.25) is 0 Å². The highest BCUT2D eigenvalue weighted by Gasteiger charge is 2.14. The molecule has 1 heterocycles. The molecule has 1 fully saturated rings. The molecule has 0 atom stereocenters. The van der Waals surface area contributed by atoms with Gasteiger partial charge in [0.25, 0.3) is 0 Å². The average molecular weight is 229 g/mol. The van der Waals surface area contributed by atoms with Crippen molar-refractivity contribution in [2.24, 2.45) is 5.92 Å². The lowest BCUT2D eigenvalue weighted by atomic mass is 10.1. The van der Waals surface area contributed by atoms with Gasteiger partial charge in [0.05, 0.1) is 6.54 Å². The number of rotatable bonds is 4. The van der Waals surface area contributed by atoms with Crippen molar-refractivity contribution in [3.8, 4) is 0 Å². The molecule has 0 bridgehead atoms. The Morgan fingerprint density at radius 3 is 2.82 bits per heavy atom. The number of hydrogen-bond donors (Lipinski definition) is 1. The highest BCUT2D eigenvalue weighted by atomic mass is 16.3. The molecule has 3 rings (SSSR count). The summed E-state index contributed by atoms with van der Waals surface area (Å²) in [6, 6.07) is 10.3. The van der Waals surface area contributed by atoms with E-state index in [2.05, 4.69) is 17.4 Å². The Balaban J connectivity index is 1.57. The Labute approximate surface area is 102 Å². The van der Waals surface area contributed by atoms with Gasteiger partial charge in [0.15, 0.2) is 0 Å². The predicted molar refractivity (Wildman–Crippen MR) is 69.9 cm³/mol. The minimum atomic E-state index is 0.852. The van der Waals surface area contributed by atoms with Crippen LogP contribution in [-0.4, -0.2) is 6.54 Å². The summed E-state index contributed by atoms with van der Waals surface area (Å²) in [4.78, 5) is 0. The van der Waals surface area contributed by atoms with Gasteiger partial charge in [-0.25, -0.2) is 0 Å². The predicted octanol–water partition coefficient (Wildman–Crippen LogP) is 3.71. The zero-order valence-electron chi connectivity index (χ0n) is 10.1. The van der Waals surface area contributed by atoms with Gasteiger partial charge >= 0.3 is 0 Å². The van der Waals surface area contributed by atoms with Gasteiger partial charge in [0.1, 0.15) is 11.3 Å². The minimum absolute atomic E-state index is 0.852. The fourth-order valence-electron chi connectivity index (χ4n) is 2.74. The molecule has 0 unspecified atom stereocenters. The Bertz CT molecular complexity index is 449. The van der Waals surface area contributed by atoms with E-state index in [-0.39, 0.29) is 0 Å². The molecule has 1 N–H and O–H groups in total. The number of benzene rings is 1. The summed E-state index contributed by atoms with van der Waals surface area (Å²) in [6.07, 6.45) is 5.62. The monoisotopic (exact) mass is 229 g/mol. The molecule has 1 aromatic heterocycles. The van der Waals surface area contributed by atoms with Crippen LogP contribution in [0.4, 0.5) is 0 Å². The SMILES string of the molecule is c1ccc2oc(CNCC3CCCC3)cc2c1. The third-order valence-corrected chi connectivity index (χ3v) is 3.68. The van der Waals surface area contributed by atoms with Crippen molar-refractivity contribution in [1.82, 2.24) is 5.32 Å². The van der Waals surface area contributed by atoms with Crippen LogP contribution in [0, 0.1) is 5.92 Å². The maximum atomic E-state index is 5.77. The van der Waals surface area contributed by atoms with Crippen LogP contribution in [0.1, 0.15) is 31.4 Å². The van der Waals surface area contributed by atoms with Crippen LogP contribution in [0.3, 0.4) is 0 Å². The zero-order chi connectivity index (χ0) is 11.5. The second-order valence-corrected chi connectivity index (χ2v) is 5.03. The summed E-state index contributed by atoms with van der Waals surface area (Å²) in [7, 11) is 0. The van der Waals surface area contributed by atoms with Gasteiger partial charge in [0.2, 0.25) is 0 Å². The molecular weight excluding hydrogens is 210 g/mol. The Morgan fingerprint density at radius 1 is 1.18 bits per heavy atom. The minimum Gasteiger partial charge on any atom is -0.460 e. The Kier molecular flexibility index (Phi) is 3.14. The first-order chi connectivity index (χ1) is 8.42. The van der Waals surface area contributed by atoms with Crippen molar-refractivity contribution in [3.63, 3.8) is 0 Å². The van der Waals surface area contributed by atoms with Crippen LogP contribution >= 0.6 is 0 Å². The number of fused-ring (bicyclic) bond motifs is 1. The lowest BCUT2D eigenvalue weighted by molar-refractivity contribution is 0.456. The largest absolute Gasteiger partial charge is 0.460 e. The van der Waals surface area contributed by atoms with Crippen LogP contribution in [0.5, 0.6) is 0 Å². The smallest absolute Gasteiger partial charge is 0.134 e. The molecule has 90 valence electrons. The van der Waals surface area contributed by atoms with Gasteiger partial charge in [-0.05, 0) is 37.4 Å². The van der Waals surface area contributed by atoms with Gasteiger partial charge in [0, 0.05) is 5.39 Å². The molecule has 1 aliphatic rings. The van der Waals surface area contributed by atoms with E-state index in [0.29, 0.717) is 0 Å². The summed E-state index contributed by atoms with van der Waals surface area (Å²) in [5.41, 5.74) is 0.991. The number of nitrogens with one attached hydrogen (secondary N) is 1. The van der Waals surface area contributed by atoms with Crippen LogP contribution in [0.2, 0.25) is 0 Å². The molecule has 2 aromatic rings. The zero-order valence-corrected chi connectivity index (χ0v) is 10.1. The molecular formula is C15H19NO. The molecule has 2 nitrogen and oxygen atoms in total. The number of para-hydroxylation sites is 1. The second-order valence-electron chi connectivity index (χ2n) is 5.03. The third kappa shape index (κ3) is 2.52. The van der Waals surface area contributed by atoms with E-state index in [1.54, 1.807) is 0 Å². The third-order valence-electron chi connectivity index (χ3n) is 3.68. The van der Waals surface area contributed by atoms with Crippen molar-refractivity contribution in [3.05, 3.63) is 36.1 Å². The molecule has 2 heteroatoms. The highest BCUT2D eigenvalue weighted by molar-refractivity contribution is 5.77. The van der Waals surface area contributed by atoms with Gasteiger partial charge in [-0.1, -0.05) is 31.0 Å². The first kappa shape index (κ1) is 10.8. The molecule has 17 heavy (non-hydrogen) atoms. The van der Waals surface area contributed by atoms with E-state index in [9.17, 15) is 0 Å². The topological polar surface area (TPSA) is 25.2 Å².